The molecule has 3 unspecified atom stereocenters. The summed E-state index contributed by atoms with van der Waals surface area (Å²) in [5.74, 6) is 0.793. The van der Waals surface area contributed by atoms with Gasteiger partial charge < -0.3 is 14.6 Å². The summed E-state index contributed by atoms with van der Waals surface area (Å²) in [4.78, 5) is 0. The van der Waals surface area contributed by atoms with E-state index >= 15 is 0 Å². The average molecular weight is 491 g/mol. The molecule has 3 aliphatic rings. The average Bonchev–Trinajstić information content (AvgIpc) is 3.49. The predicted molar refractivity (Wildman–Crippen MR) is 142 cm³/mol. The molecule has 2 bridgehead atoms. The molecule has 0 spiro atoms. The van der Waals surface area contributed by atoms with Crippen LogP contribution in [0.2, 0.25) is 5.02 Å². The second-order valence-corrected chi connectivity index (χ2v) is 11.2. The SMILES string of the molecule is Cc1ccccc1COC1CC2(C(C)C)CCC1(C)O2.Oc1c(Cl)ccc2c1Cc1ccccc1-2. The van der Waals surface area contributed by atoms with Gasteiger partial charge in [-0.25, -0.2) is 0 Å². The first-order chi connectivity index (χ1) is 16.7. The van der Waals surface area contributed by atoms with E-state index in [1.54, 1.807) is 6.07 Å². The molecule has 0 radical (unpaired) electrons. The van der Waals surface area contributed by atoms with Crippen molar-refractivity contribution in [1.82, 2.24) is 0 Å². The van der Waals surface area contributed by atoms with E-state index in [9.17, 15) is 5.11 Å². The van der Waals surface area contributed by atoms with Crippen LogP contribution in [0.1, 0.15) is 62.3 Å². The van der Waals surface area contributed by atoms with E-state index in [1.807, 2.05) is 18.2 Å². The van der Waals surface area contributed by atoms with Gasteiger partial charge in [-0.2, -0.15) is 0 Å². The van der Waals surface area contributed by atoms with Crippen molar-refractivity contribution < 1.29 is 14.6 Å². The number of phenols is 1. The van der Waals surface area contributed by atoms with E-state index in [1.165, 1.54) is 28.7 Å². The summed E-state index contributed by atoms with van der Waals surface area (Å²) in [6.45, 7) is 9.62. The molecule has 0 aromatic heterocycles. The molecule has 0 amide bonds. The van der Waals surface area contributed by atoms with Gasteiger partial charge in [0.15, 0.2) is 0 Å². The molecule has 3 aromatic rings. The van der Waals surface area contributed by atoms with Crippen LogP contribution >= 0.6 is 11.6 Å². The highest BCUT2D eigenvalue weighted by atomic mass is 35.5. The van der Waals surface area contributed by atoms with Crippen molar-refractivity contribution >= 4 is 11.6 Å². The maximum Gasteiger partial charge on any atom is 0.138 e. The first kappa shape index (κ1) is 24.4. The molecule has 3 atom stereocenters. The highest BCUT2D eigenvalue weighted by molar-refractivity contribution is 6.32. The number of phenolic OH excluding ortho intramolecular Hbond substituents is 1. The molecule has 0 saturated carbocycles. The van der Waals surface area contributed by atoms with Gasteiger partial charge in [-0.1, -0.05) is 80.0 Å². The number of hydrogen-bond donors (Lipinski definition) is 1. The van der Waals surface area contributed by atoms with Crippen molar-refractivity contribution in [1.29, 1.82) is 0 Å². The molecular formula is C31H35ClO3. The summed E-state index contributed by atoms with van der Waals surface area (Å²) < 4.78 is 12.7. The molecule has 3 aromatic carbocycles. The Kier molecular flexibility index (Phi) is 6.46. The molecular weight excluding hydrogens is 456 g/mol. The molecule has 1 N–H and O–H groups in total. The molecule has 6 rings (SSSR count). The Hall–Kier alpha value is -2.33. The van der Waals surface area contributed by atoms with Crippen LogP contribution in [-0.2, 0) is 22.5 Å². The third-order valence-corrected chi connectivity index (χ3v) is 8.66. The monoisotopic (exact) mass is 490 g/mol. The highest BCUT2D eigenvalue weighted by Gasteiger charge is 2.60. The molecule has 2 fully saturated rings. The van der Waals surface area contributed by atoms with Gasteiger partial charge in [0.25, 0.3) is 0 Å². The number of benzene rings is 3. The highest BCUT2D eigenvalue weighted by Crippen LogP contribution is 2.55. The molecule has 4 heteroatoms. The van der Waals surface area contributed by atoms with Crippen LogP contribution in [0.15, 0.2) is 60.7 Å². The van der Waals surface area contributed by atoms with Crippen molar-refractivity contribution in [2.45, 2.75) is 77.3 Å². The lowest BCUT2D eigenvalue weighted by molar-refractivity contribution is -0.0960. The molecule has 35 heavy (non-hydrogen) atoms. The minimum atomic E-state index is -0.0764. The van der Waals surface area contributed by atoms with Crippen molar-refractivity contribution in [2.75, 3.05) is 0 Å². The van der Waals surface area contributed by atoms with Crippen LogP contribution < -0.4 is 0 Å². The van der Waals surface area contributed by atoms with Crippen LogP contribution in [0.25, 0.3) is 11.1 Å². The minimum Gasteiger partial charge on any atom is -0.506 e. The summed E-state index contributed by atoms with van der Waals surface area (Å²) in [7, 11) is 0. The molecule has 2 aliphatic heterocycles. The van der Waals surface area contributed by atoms with Crippen molar-refractivity contribution in [3.05, 3.63) is 87.9 Å². The molecule has 3 nitrogen and oxygen atoms in total. The van der Waals surface area contributed by atoms with Gasteiger partial charge in [0, 0.05) is 18.4 Å². The van der Waals surface area contributed by atoms with Crippen molar-refractivity contribution in [2.24, 2.45) is 5.92 Å². The fraction of sp³-hybridized carbons (Fsp3) is 0.419. The maximum atomic E-state index is 9.86. The molecule has 1 aliphatic carbocycles. The lowest BCUT2D eigenvalue weighted by Crippen LogP contribution is -2.38. The number of ether oxygens (including phenoxy) is 2. The fourth-order valence-corrected chi connectivity index (χ4v) is 6.11. The predicted octanol–water partition coefficient (Wildman–Crippen LogP) is 7.86. The number of halogens is 1. The Morgan fingerprint density at radius 2 is 1.77 bits per heavy atom. The van der Waals surface area contributed by atoms with E-state index in [0.717, 1.165) is 30.4 Å². The summed E-state index contributed by atoms with van der Waals surface area (Å²) in [6.07, 6.45) is 4.37. The van der Waals surface area contributed by atoms with Gasteiger partial charge in [0.2, 0.25) is 0 Å². The van der Waals surface area contributed by atoms with E-state index in [4.69, 9.17) is 21.1 Å². The number of fused-ring (bicyclic) bond motifs is 5. The van der Waals surface area contributed by atoms with E-state index < -0.39 is 0 Å². The third-order valence-electron chi connectivity index (χ3n) is 8.35. The van der Waals surface area contributed by atoms with Gasteiger partial charge in [0.1, 0.15) is 5.75 Å². The van der Waals surface area contributed by atoms with Crippen LogP contribution in [0.5, 0.6) is 5.75 Å². The third kappa shape index (κ3) is 4.39. The smallest absolute Gasteiger partial charge is 0.138 e. The first-order valence-electron chi connectivity index (χ1n) is 12.7. The molecule has 2 heterocycles. The normalized spacial score (nSPS) is 25.8. The number of hydrogen-bond acceptors (Lipinski definition) is 3. The number of aryl methyl sites for hydroxylation is 1. The van der Waals surface area contributed by atoms with Crippen molar-refractivity contribution in [3.8, 4) is 16.9 Å². The van der Waals surface area contributed by atoms with Crippen molar-refractivity contribution in [3.63, 3.8) is 0 Å². The summed E-state index contributed by atoms with van der Waals surface area (Å²) >= 11 is 5.89. The zero-order valence-corrected chi connectivity index (χ0v) is 21.9. The topological polar surface area (TPSA) is 38.7 Å². The first-order valence-corrected chi connectivity index (χ1v) is 13.1. The maximum absolute atomic E-state index is 9.86. The lowest BCUT2D eigenvalue weighted by Gasteiger charge is -2.31. The Morgan fingerprint density at radius 3 is 2.51 bits per heavy atom. The Morgan fingerprint density at radius 1 is 1.03 bits per heavy atom. The van der Waals surface area contributed by atoms with Crippen LogP contribution in [0.4, 0.5) is 0 Å². The van der Waals surface area contributed by atoms with Crippen LogP contribution in [0.3, 0.4) is 0 Å². The zero-order chi connectivity index (χ0) is 24.8. The van der Waals surface area contributed by atoms with Gasteiger partial charge in [-0.3, -0.25) is 0 Å². The van der Waals surface area contributed by atoms with E-state index in [2.05, 4.69) is 64.1 Å². The quantitative estimate of drug-likeness (QED) is 0.316. The van der Waals surface area contributed by atoms with Gasteiger partial charge in [-0.15, -0.1) is 0 Å². The summed E-state index contributed by atoms with van der Waals surface area (Å²) in [6, 6.07) is 20.4. The second kappa shape index (κ2) is 9.28. The summed E-state index contributed by atoms with van der Waals surface area (Å²) in [5, 5.41) is 10.3. The Labute approximate surface area is 214 Å². The zero-order valence-electron chi connectivity index (χ0n) is 21.1. The van der Waals surface area contributed by atoms with Crippen LogP contribution in [-0.4, -0.2) is 22.4 Å². The Bertz CT molecular complexity index is 1240. The van der Waals surface area contributed by atoms with E-state index in [-0.39, 0.29) is 23.1 Å². The second-order valence-electron chi connectivity index (χ2n) is 10.8. The molecule has 2 saturated heterocycles. The standard InChI is InChI=1S/C18H26O2.C13H9ClO/c1-13(2)18-10-9-17(4,20-18)16(11-18)19-12-15-8-6-5-7-14(15)3;14-12-6-5-10-9-4-2-1-3-8(9)7-11(10)13(12)15/h5-8,13,16H,9-12H2,1-4H3;1-6,15H,7H2. The van der Waals surface area contributed by atoms with Gasteiger partial charge in [0.05, 0.1) is 28.9 Å². The van der Waals surface area contributed by atoms with Crippen LogP contribution in [0, 0.1) is 12.8 Å². The van der Waals surface area contributed by atoms with Gasteiger partial charge >= 0.3 is 0 Å². The minimum absolute atomic E-state index is 0.0607. The van der Waals surface area contributed by atoms with Gasteiger partial charge in [-0.05, 0) is 66.5 Å². The number of rotatable bonds is 4. The lowest BCUT2D eigenvalue weighted by atomic mass is 9.75. The van der Waals surface area contributed by atoms with E-state index in [0.29, 0.717) is 17.5 Å². The number of aromatic hydroxyl groups is 1. The molecule has 184 valence electrons. The largest absolute Gasteiger partial charge is 0.506 e. The fourth-order valence-electron chi connectivity index (χ4n) is 5.93. The Balaban J connectivity index is 0.000000151. The summed E-state index contributed by atoms with van der Waals surface area (Å²) in [5.41, 5.74) is 7.09.